The zero-order valence-electron chi connectivity index (χ0n) is 16.1. The zero-order chi connectivity index (χ0) is 22.0. The Morgan fingerprint density at radius 1 is 1.16 bits per heavy atom. The van der Waals surface area contributed by atoms with Crippen molar-refractivity contribution in [3.63, 3.8) is 0 Å². The molecule has 156 valence electrons. The third-order valence-electron chi connectivity index (χ3n) is 4.36. The molecule has 3 aromatic carbocycles. The molecular formula is C22H15BrFN3O3S. The summed E-state index contributed by atoms with van der Waals surface area (Å²) in [4.78, 5) is 16.7. The number of nitrogens with zero attached hydrogens (tertiary/aromatic N) is 1. The number of amides is 1. The monoisotopic (exact) mass is 499 g/mol. The Morgan fingerprint density at radius 3 is 2.74 bits per heavy atom. The van der Waals surface area contributed by atoms with Gasteiger partial charge in [0.1, 0.15) is 17.1 Å². The van der Waals surface area contributed by atoms with Crippen molar-refractivity contribution >= 4 is 56.0 Å². The molecule has 0 saturated heterocycles. The Morgan fingerprint density at radius 2 is 2.00 bits per heavy atom. The molecular weight excluding hydrogens is 485 g/mol. The molecule has 0 saturated carbocycles. The number of oxazole rings is 1. The molecule has 0 radical (unpaired) electrons. The fourth-order valence-electron chi connectivity index (χ4n) is 2.90. The molecule has 0 aliphatic rings. The highest BCUT2D eigenvalue weighted by atomic mass is 79.9. The number of halogens is 2. The second kappa shape index (κ2) is 8.83. The molecule has 1 amide bonds. The summed E-state index contributed by atoms with van der Waals surface area (Å²) in [5.74, 6) is 0.159. The van der Waals surface area contributed by atoms with E-state index >= 15 is 0 Å². The van der Waals surface area contributed by atoms with Crippen LogP contribution >= 0.6 is 28.1 Å². The molecule has 0 bridgehead atoms. The first-order chi connectivity index (χ1) is 14.9. The van der Waals surface area contributed by atoms with Crippen LogP contribution in [0.25, 0.3) is 22.6 Å². The maximum absolute atomic E-state index is 13.3. The van der Waals surface area contributed by atoms with Crippen molar-refractivity contribution in [1.82, 2.24) is 10.3 Å². The maximum Gasteiger partial charge on any atom is 0.257 e. The van der Waals surface area contributed by atoms with Gasteiger partial charge in [-0.3, -0.25) is 10.1 Å². The number of hydrogen-bond acceptors (Lipinski definition) is 5. The van der Waals surface area contributed by atoms with Crippen LogP contribution in [0.1, 0.15) is 10.4 Å². The number of nitrogens with one attached hydrogen (secondary N) is 2. The van der Waals surface area contributed by atoms with Gasteiger partial charge in [0.2, 0.25) is 5.89 Å². The van der Waals surface area contributed by atoms with Crippen LogP contribution in [0.4, 0.5) is 10.1 Å². The van der Waals surface area contributed by atoms with Gasteiger partial charge in [0.05, 0.1) is 11.6 Å². The number of ether oxygens (including phenoxy) is 1. The average Bonchev–Trinajstić information content (AvgIpc) is 3.17. The van der Waals surface area contributed by atoms with Crippen molar-refractivity contribution in [2.45, 2.75) is 0 Å². The molecule has 9 heteroatoms. The highest BCUT2D eigenvalue weighted by Crippen LogP contribution is 2.32. The number of hydrogen-bond donors (Lipinski definition) is 2. The molecule has 1 aromatic heterocycles. The number of fused-ring (bicyclic) bond motifs is 1. The van der Waals surface area contributed by atoms with E-state index in [1.165, 1.54) is 18.2 Å². The minimum absolute atomic E-state index is 0.0800. The molecule has 4 aromatic rings. The van der Waals surface area contributed by atoms with Crippen LogP contribution in [-0.2, 0) is 0 Å². The van der Waals surface area contributed by atoms with Gasteiger partial charge in [-0.05, 0) is 82.7 Å². The minimum Gasteiger partial charge on any atom is -0.496 e. The van der Waals surface area contributed by atoms with Gasteiger partial charge in [0, 0.05) is 16.8 Å². The normalized spacial score (nSPS) is 10.7. The van der Waals surface area contributed by atoms with Crippen LogP contribution < -0.4 is 15.4 Å². The Hall–Kier alpha value is -3.30. The van der Waals surface area contributed by atoms with Crippen LogP contribution in [0.3, 0.4) is 0 Å². The van der Waals surface area contributed by atoms with Crippen molar-refractivity contribution < 1.29 is 18.3 Å². The number of rotatable bonds is 4. The van der Waals surface area contributed by atoms with Crippen molar-refractivity contribution in [2.75, 3.05) is 12.4 Å². The second-order valence-electron chi connectivity index (χ2n) is 6.47. The van der Waals surface area contributed by atoms with E-state index in [0.717, 1.165) is 16.1 Å². The molecule has 31 heavy (non-hydrogen) atoms. The second-order valence-corrected chi connectivity index (χ2v) is 7.73. The summed E-state index contributed by atoms with van der Waals surface area (Å²) in [6.45, 7) is 0. The summed E-state index contributed by atoms with van der Waals surface area (Å²) in [5.41, 5.74) is 2.80. The van der Waals surface area contributed by atoms with Gasteiger partial charge in [0.25, 0.3) is 5.91 Å². The van der Waals surface area contributed by atoms with Crippen LogP contribution in [0.5, 0.6) is 5.75 Å². The third kappa shape index (κ3) is 4.73. The summed E-state index contributed by atoms with van der Waals surface area (Å²) in [7, 11) is 1.60. The van der Waals surface area contributed by atoms with Crippen molar-refractivity contribution in [3.8, 4) is 17.2 Å². The first-order valence-corrected chi connectivity index (χ1v) is 10.3. The number of methoxy groups -OCH3 is 1. The molecule has 6 nitrogen and oxygen atoms in total. The van der Waals surface area contributed by atoms with E-state index in [0.29, 0.717) is 28.4 Å². The Labute approximate surface area is 190 Å². The summed E-state index contributed by atoms with van der Waals surface area (Å²) < 4.78 is 25.2. The minimum atomic E-state index is -0.508. The number of carbonyl (C=O) groups excluding carboxylic acids is 1. The molecule has 0 atom stereocenters. The van der Waals surface area contributed by atoms with Crippen molar-refractivity contribution in [3.05, 3.63) is 76.5 Å². The molecule has 0 aliphatic heterocycles. The standard InChI is InChI=1S/C22H15BrFN3O3S/c1-29-18-7-5-13(10-16(18)23)21-26-17-11-15(6-8-19(17)30-21)25-22(31)27-20(28)12-3-2-4-14(24)9-12/h2-11H,1H3,(H2,25,27,28,31). The van der Waals surface area contributed by atoms with E-state index in [9.17, 15) is 9.18 Å². The lowest BCUT2D eigenvalue weighted by Gasteiger charge is -2.09. The number of aromatic nitrogens is 1. The molecule has 0 spiro atoms. The zero-order valence-corrected chi connectivity index (χ0v) is 18.5. The molecule has 2 N–H and O–H groups in total. The molecule has 0 aliphatic carbocycles. The van der Waals surface area contributed by atoms with Crippen LogP contribution in [0.15, 0.2) is 69.6 Å². The van der Waals surface area contributed by atoms with Crippen molar-refractivity contribution in [1.29, 1.82) is 0 Å². The fraction of sp³-hybridized carbons (Fsp3) is 0.0455. The van der Waals surface area contributed by atoms with Gasteiger partial charge in [-0.1, -0.05) is 6.07 Å². The number of carbonyl (C=O) groups is 1. The average molecular weight is 500 g/mol. The SMILES string of the molecule is COc1ccc(-c2nc3cc(NC(=S)NC(=O)c4cccc(F)c4)ccc3o2)cc1Br. The van der Waals surface area contributed by atoms with E-state index < -0.39 is 11.7 Å². The summed E-state index contributed by atoms with van der Waals surface area (Å²) in [6, 6.07) is 16.1. The third-order valence-corrected chi connectivity index (χ3v) is 5.18. The van der Waals surface area contributed by atoms with Gasteiger partial charge >= 0.3 is 0 Å². The first kappa shape index (κ1) is 21.0. The van der Waals surface area contributed by atoms with E-state index in [1.54, 1.807) is 25.3 Å². The van der Waals surface area contributed by atoms with Gasteiger partial charge in [-0.15, -0.1) is 0 Å². The van der Waals surface area contributed by atoms with Gasteiger partial charge in [-0.25, -0.2) is 9.37 Å². The van der Waals surface area contributed by atoms with E-state index in [4.69, 9.17) is 21.4 Å². The molecule has 0 fully saturated rings. The largest absolute Gasteiger partial charge is 0.496 e. The Bertz CT molecular complexity index is 1310. The lowest BCUT2D eigenvalue weighted by molar-refractivity contribution is 0.0977. The van der Waals surface area contributed by atoms with Gasteiger partial charge in [0.15, 0.2) is 10.7 Å². The van der Waals surface area contributed by atoms with E-state index in [2.05, 4.69) is 31.5 Å². The predicted molar refractivity (Wildman–Crippen MR) is 124 cm³/mol. The van der Waals surface area contributed by atoms with Crippen LogP contribution in [0, 0.1) is 5.82 Å². The van der Waals surface area contributed by atoms with Crippen LogP contribution in [0.2, 0.25) is 0 Å². The lowest BCUT2D eigenvalue weighted by atomic mass is 10.2. The summed E-state index contributed by atoms with van der Waals surface area (Å²) in [5, 5.41) is 5.52. The predicted octanol–water partition coefficient (Wildman–Crippen LogP) is 5.53. The topological polar surface area (TPSA) is 76.4 Å². The maximum atomic E-state index is 13.3. The highest BCUT2D eigenvalue weighted by Gasteiger charge is 2.13. The van der Waals surface area contributed by atoms with Gasteiger partial charge < -0.3 is 14.5 Å². The molecule has 0 unspecified atom stereocenters. The number of anilines is 1. The molecule has 4 rings (SSSR count). The summed E-state index contributed by atoms with van der Waals surface area (Å²) in [6.07, 6.45) is 0. The number of benzene rings is 3. The lowest BCUT2D eigenvalue weighted by Crippen LogP contribution is -2.34. The van der Waals surface area contributed by atoms with Gasteiger partial charge in [-0.2, -0.15) is 0 Å². The molecule has 1 heterocycles. The highest BCUT2D eigenvalue weighted by molar-refractivity contribution is 9.10. The first-order valence-electron chi connectivity index (χ1n) is 9.05. The Kier molecular flexibility index (Phi) is 5.97. The van der Waals surface area contributed by atoms with Crippen molar-refractivity contribution in [2.24, 2.45) is 0 Å². The quantitative estimate of drug-likeness (QED) is 0.359. The Balaban J connectivity index is 1.49. The smallest absolute Gasteiger partial charge is 0.257 e. The number of thiocarbonyl (C=S) groups is 1. The van der Waals surface area contributed by atoms with E-state index in [1.807, 2.05) is 18.2 Å². The fourth-order valence-corrected chi connectivity index (χ4v) is 3.65. The van der Waals surface area contributed by atoms with Crippen LogP contribution in [-0.4, -0.2) is 23.1 Å². The van der Waals surface area contributed by atoms with E-state index in [-0.39, 0.29) is 10.7 Å². The summed E-state index contributed by atoms with van der Waals surface area (Å²) >= 11 is 8.64.